The zero-order chi connectivity index (χ0) is 23.6. The van der Waals surface area contributed by atoms with Crippen molar-refractivity contribution in [2.45, 2.75) is 13.1 Å². The van der Waals surface area contributed by atoms with Gasteiger partial charge in [-0.1, -0.05) is 24.3 Å². The monoisotopic (exact) mass is 450 g/mol. The van der Waals surface area contributed by atoms with Gasteiger partial charge in [0.1, 0.15) is 5.82 Å². The van der Waals surface area contributed by atoms with Gasteiger partial charge in [0.05, 0.1) is 16.8 Å². The van der Waals surface area contributed by atoms with Gasteiger partial charge < -0.3 is 5.32 Å². The van der Waals surface area contributed by atoms with E-state index in [-0.39, 0.29) is 17.3 Å². The summed E-state index contributed by atoms with van der Waals surface area (Å²) in [6.45, 7) is 1.40. The van der Waals surface area contributed by atoms with Gasteiger partial charge >= 0.3 is 6.18 Å². The second kappa shape index (κ2) is 8.86. The lowest BCUT2D eigenvalue weighted by Crippen LogP contribution is -2.05. The quantitative estimate of drug-likeness (QED) is 0.254. The smallest absolute Gasteiger partial charge is 0.354 e. The molecule has 0 radical (unpaired) electrons. The number of anilines is 2. The van der Waals surface area contributed by atoms with Crippen molar-refractivity contribution in [1.82, 2.24) is 4.98 Å². The van der Waals surface area contributed by atoms with Gasteiger partial charge in [0.2, 0.25) is 0 Å². The number of fused-ring (bicyclic) bond motifs is 1. The highest BCUT2D eigenvalue weighted by atomic mass is 19.4. The predicted octanol–water partition coefficient (Wildman–Crippen LogP) is 7.41. The fourth-order valence-corrected chi connectivity index (χ4v) is 3.42. The molecule has 0 fully saturated rings. The van der Waals surface area contributed by atoms with Gasteiger partial charge in [0.25, 0.3) is 0 Å². The van der Waals surface area contributed by atoms with Crippen molar-refractivity contribution in [2.24, 2.45) is 0 Å². The number of rotatable bonds is 5. The number of pyridine rings is 1. The van der Waals surface area contributed by atoms with Gasteiger partial charge in [-0.05, 0) is 72.7 Å². The molecule has 3 nitrogen and oxygen atoms in total. The third kappa shape index (κ3) is 5.09. The molecule has 166 valence electrons. The minimum absolute atomic E-state index is 0.180. The summed E-state index contributed by atoms with van der Waals surface area (Å²) in [6, 6.07) is 16.3. The fourth-order valence-electron chi connectivity index (χ4n) is 3.42. The Kier molecular flexibility index (Phi) is 5.96. The summed E-state index contributed by atoms with van der Waals surface area (Å²) in [6.07, 6.45) is -0.000327. The highest BCUT2D eigenvalue weighted by Crippen LogP contribution is 2.35. The first kappa shape index (κ1) is 22.2. The van der Waals surface area contributed by atoms with Crippen LogP contribution in [0.2, 0.25) is 0 Å². The van der Waals surface area contributed by atoms with E-state index in [1.807, 2.05) is 12.1 Å². The van der Waals surface area contributed by atoms with Gasteiger partial charge in [-0.25, -0.2) is 4.39 Å². The van der Waals surface area contributed by atoms with Crippen LogP contribution in [0.1, 0.15) is 18.1 Å². The Bertz CT molecular complexity index is 1360. The Balaban J connectivity index is 1.88. The van der Waals surface area contributed by atoms with Crippen molar-refractivity contribution in [1.29, 1.82) is 0 Å². The predicted molar refractivity (Wildman–Crippen MR) is 122 cm³/mol. The number of halogens is 4. The van der Waals surface area contributed by atoms with Crippen molar-refractivity contribution in [2.75, 3.05) is 5.32 Å². The lowest BCUT2D eigenvalue weighted by molar-refractivity contribution is -0.137. The molecular formula is C26H18F4N2O. The number of nitrogens with zero attached hydrogens (tertiary/aromatic N) is 1. The summed E-state index contributed by atoms with van der Waals surface area (Å²) in [4.78, 5) is 15.9. The molecule has 0 saturated heterocycles. The second-order valence-electron chi connectivity index (χ2n) is 7.47. The van der Waals surface area contributed by atoms with Crippen molar-refractivity contribution in [3.05, 3.63) is 95.9 Å². The average molecular weight is 450 g/mol. The van der Waals surface area contributed by atoms with Crippen LogP contribution < -0.4 is 5.32 Å². The average Bonchev–Trinajstić information content (AvgIpc) is 2.78. The molecule has 0 aliphatic carbocycles. The summed E-state index contributed by atoms with van der Waals surface area (Å²) in [5.74, 6) is -0.537. The summed E-state index contributed by atoms with van der Waals surface area (Å²) < 4.78 is 53.0. The first-order chi connectivity index (χ1) is 15.7. The van der Waals surface area contributed by atoms with Crippen LogP contribution in [-0.4, -0.2) is 10.8 Å². The molecule has 0 bridgehead atoms. The van der Waals surface area contributed by atoms with Crippen molar-refractivity contribution in [3.63, 3.8) is 0 Å². The maximum Gasteiger partial charge on any atom is 0.416 e. The van der Waals surface area contributed by atoms with Gasteiger partial charge in [-0.3, -0.25) is 9.78 Å². The van der Waals surface area contributed by atoms with Crippen LogP contribution in [0.15, 0.2) is 79.0 Å². The molecule has 0 amide bonds. The number of hydrogen-bond acceptors (Lipinski definition) is 3. The normalized spacial score (nSPS) is 11.8. The molecule has 0 aliphatic heterocycles. The van der Waals surface area contributed by atoms with Crippen molar-refractivity contribution >= 4 is 34.1 Å². The third-order valence-electron chi connectivity index (χ3n) is 5.03. The molecule has 4 aromatic rings. The van der Waals surface area contributed by atoms with E-state index in [9.17, 15) is 22.4 Å². The van der Waals surface area contributed by atoms with E-state index >= 15 is 0 Å². The first-order valence-corrected chi connectivity index (χ1v) is 10.0. The number of ketones is 1. The van der Waals surface area contributed by atoms with E-state index < -0.39 is 11.7 Å². The molecule has 1 aromatic heterocycles. The summed E-state index contributed by atoms with van der Waals surface area (Å²) >= 11 is 0. The molecule has 0 saturated carbocycles. The molecule has 1 N–H and O–H groups in total. The fraction of sp³-hybridized carbons (Fsp3) is 0.0769. The van der Waals surface area contributed by atoms with Crippen LogP contribution >= 0.6 is 0 Å². The lowest BCUT2D eigenvalue weighted by atomic mass is 10.0. The molecule has 3 aromatic carbocycles. The highest BCUT2D eigenvalue weighted by Gasteiger charge is 2.30. The number of carbonyl (C=O) groups is 1. The van der Waals surface area contributed by atoms with Crippen LogP contribution in [0.4, 0.5) is 28.9 Å². The van der Waals surface area contributed by atoms with Crippen LogP contribution in [0.25, 0.3) is 28.1 Å². The Labute approximate surface area is 187 Å². The number of aromatic nitrogens is 1. The lowest BCUT2D eigenvalue weighted by Gasteiger charge is -2.15. The number of benzene rings is 3. The largest absolute Gasteiger partial charge is 0.416 e. The zero-order valence-corrected chi connectivity index (χ0v) is 17.5. The van der Waals surface area contributed by atoms with Crippen molar-refractivity contribution in [3.8, 4) is 11.1 Å². The number of carbonyl (C=O) groups excluding carboxylic acids is 1. The van der Waals surface area contributed by atoms with Gasteiger partial charge in [-0.2, -0.15) is 13.2 Å². The number of alkyl halides is 3. The molecule has 4 rings (SSSR count). The van der Waals surface area contributed by atoms with E-state index in [0.717, 1.165) is 23.3 Å². The highest BCUT2D eigenvalue weighted by molar-refractivity contribution is 6.01. The molecule has 0 unspecified atom stereocenters. The van der Waals surface area contributed by atoms with Crippen LogP contribution in [0, 0.1) is 5.82 Å². The van der Waals surface area contributed by atoms with Crippen molar-refractivity contribution < 1.29 is 22.4 Å². The maximum absolute atomic E-state index is 13.3. The first-order valence-electron chi connectivity index (χ1n) is 10.0. The Morgan fingerprint density at radius 1 is 0.970 bits per heavy atom. The Morgan fingerprint density at radius 3 is 2.39 bits per heavy atom. The van der Waals surface area contributed by atoms with Crippen LogP contribution in [0.5, 0.6) is 0 Å². The minimum Gasteiger partial charge on any atom is -0.354 e. The third-order valence-corrected chi connectivity index (χ3v) is 5.03. The van der Waals surface area contributed by atoms with E-state index in [0.29, 0.717) is 22.2 Å². The molecule has 33 heavy (non-hydrogen) atoms. The Morgan fingerprint density at radius 2 is 1.70 bits per heavy atom. The Hall–Kier alpha value is -4.00. The van der Waals surface area contributed by atoms with Gasteiger partial charge in [0.15, 0.2) is 5.78 Å². The number of hydrogen-bond donors (Lipinski definition) is 1. The van der Waals surface area contributed by atoms with Gasteiger partial charge in [-0.15, -0.1) is 0 Å². The molecule has 0 atom stereocenters. The standard InChI is InChI=1S/C26H18F4N2O/c1-16(33)5-6-19-15-31-24-12-9-18(17-7-10-21(27)11-8-17)13-23(24)25(19)32-22-4-2-3-20(14-22)26(28,29)30/h2-15H,1H3,(H,31,32)/b6-5+. The maximum atomic E-state index is 13.3. The molecule has 7 heteroatoms. The second-order valence-corrected chi connectivity index (χ2v) is 7.47. The summed E-state index contributed by atoms with van der Waals surface area (Å²) in [5, 5.41) is 3.72. The van der Waals surface area contributed by atoms with E-state index in [4.69, 9.17) is 0 Å². The molecule has 1 heterocycles. The van der Waals surface area contributed by atoms with E-state index in [1.165, 1.54) is 37.3 Å². The molecule has 0 aliphatic rings. The molecular weight excluding hydrogens is 432 g/mol. The molecule has 0 spiro atoms. The minimum atomic E-state index is -4.48. The number of allylic oxidation sites excluding steroid dienone is 1. The van der Waals surface area contributed by atoms with Crippen LogP contribution in [-0.2, 0) is 11.0 Å². The van der Waals surface area contributed by atoms with E-state index in [1.54, 1.807) is 30.5 Å². The summed E-state index contributed by atoms with van der Waals surface area (Å²) in [7, 11) is 0. The number of nitrogens with one attached hydrogen (secondary N) is 1. The van der Waals surface area contributed by atoms with Crippen LogP contribution in [0.3, 0.4) is 0 Å². The topological polar surface area (TPSA) is 42.0 Å². The van der Waals surface area contributed by atoms with E-state index in [2.05, 4.69) is 10.3 Å². The zero-order valence-electron chi connectivity index (χ0n) is 17.5. The van der Waals surface area contributed by atoms with Gasteiger partial charge in [0, 0.05) is 22.8 Å². The summed E-state index contributed by atoms with van der Waals surface area (Å²) in [5.41, 5.74) is 2.65. The SMILES string of the molecule is CC(=O)/C=C/c1cnc2ccc(-c3ccc(F)cc3)cc2c1Nc1cccc(C(F)(F)F)c1.